The van der Waals surface area contributed by atoms with Crippen LogP contribution in [0.2, 0.25) is 0 Å². The second-order valence-electron chi connectivity index (χ2n) is 8.27. The van der Waals surface area contributed by atoms with Gasteiger partial charge in [-0.25, -0.2) is 17.8 Å². The summed E-state index contributed by atoms with van der Waals surface area (Å²) in [6.07, 6.45) is 3.51. The Labute approximate surface area is 198 Å². The zero-order chi connectivity index (χ0) is 23.5. The zero-order valence-corrected chi connectivity index (χ0v) is 19.2. The number of nitrogens with zero attached hydrogens (tertiary/aromatic N) is 2. The molecule has 8 heteroatoms. The molecule has 0 saturated heterocycles. The summed E-state index contributed by atoms with van der Waals surface area (Å²) in [5.74, 6) is -0.220. The molecule has 1 fully saturated rings. The number of hydrogen-bond acceptors (Lipinski definition) is 4. The number of benzene rings is 3. The van der Waals surface area contributed by atoms with Crippen molar-refractivity contribution in [3.05, 3.63) is 102 Å². The fourth-order valence-electron chi connectivity index (χ4n) is 3.67. The second kappa shape index (κ2) is 9.24. The van der Waals surface area contributed by atoms with Crippen LogP contribution in [0.25, 0.3) is 16.9 Å². The van der Waals surface area contributed by atoms with Gasteiger partial charge in [0.1, 0.15) is 0 Å². The van der Waals surface area contributed by atoms with Gasteiger partial charge >= 0.3 is 0 Å². The molecule has 1 aliphatic carbocycles. The lowest BCUT2D eigenvalue weighted by Crippen LogP contribution is -2.26. The van der Waals surface area contributed by atoms with Crippen LogP contribution in [-0.2, 0) is 16.6 Å². The topological polar surface area (TPSA) is 93.1 Å². The molecule has 0 spiro atoms. The van der Waals surface area contributed by atoms with Gasteiger partial charge in [-0.3, -0.25) is 4.79 Å². The number of sulfonamides is 1. The first kappa shape index (κ1) is 22.1. The molecule has 0 aliphatic heterocycles. The third kappa shape index (κ3) is 4.93. The van der Waals surface area contributed by atoms with E-state index in [9.17, 15) is 13.2 Å². The first-order valence-corrected chi connectivity index (χ1v) is 12.6. The van der Waals surface area contributed by atoms with E-state index in [1.807, 2.05) is 48.5 Å². The van der Waals surface area contributed by atoms with Gasteiger partial charge in [0.05, 0.1) is 22.5 Å². The number of hydrogen-bond donors (Lipinski definition) is 2. The maximum Gasteiger partial charge on any atom is 0.251 e. The Balaban J connectivity index is 1.27. The zero-order valence-electron chi connectivity index (χ0n) is 18.4. The van der Waals surface area contributed by atoms with Gasteiger partial charge in [0.25, 0.3) is 5.91 Å². The molecule has 4 aromatic rings. The molecule has 1 aromatic heterocycles. The lowest BCUT2D eigenvalue weighted by atomic mass is 10.1. The Morgan fingerprint density at radius 3 is 2.44 bits per heavy atom. The van der Waals surface area contributed by atoms with Crippen molar-refractivity contribution < 1.29 is 13.2 Å². The summed E-state index contributed by atoms with van der Waals surface area (Å²) in [5, 5.41) is 7.34. The van der Waals surface area contributed by atoms with Crippen molar-refractivity contribution in [2.45, 2.75) is 30.3 Å². The van der Waals surface area contributed by atoms with Crippen LogP contribution in [0, 0.1) is 0 Å². The Hall–Kier alpha value is -3.75. The Morgan fingerprint density at radius 2 is 1.71 bits per heavy atom. The number of amides is 1. The van der Waals surface area contributed by atoms with Gasteiger partial charge < -0.3 is 5.32 Å². The van der Waals surface area contributed by atoms with Crippen LogP contribution in [0.5, 0.6) is 0 Å². The molecule has 0 bridgehead atoms. The standard InChI is InChI=1S/C26H24N4O3S/c31-26(27-18-19-9-13-24(14-10-19)34(32,33)29-22-11-12-22)21-7-4-8-23(17-21)30-25(15-16-28-30)20-5-2-1-3-6-20/h1-10,13-17,22,29H,11-12,18H2,(H,27,31). The minimum absolute atomic E-state index is 0.0604. The van der Waals surface area contributed by atoms with Crippen molar-refractivity contribution in [2.75, 3.05) is 0 Å². The fourth-order valence-corrected chi connectivity index (χ4v) is 4.98. The Morgan fingerprint density at radius 1 is 0.941 bits per heavy atom. The predicted molar refractivity (Wildman–Crippen MR) is 130 cm³/mol. The van der Waals surface area contributed by atoms with Crippen molar-refractivity contribution >= 4 is 15.9 Å². The van der Waals surface area contributed by atoms with Gasteiger partial charge in [-0.15, -0.1) is 0 Å². The Bertz CT molecular complexity index is 1410. The minimum atomic E-state index is -3.48. The van der Waals surface area contributed by atoms with Crippen molar-refractivity contribution in [1.82, 2.24) is 19.8 Å². The van der Waals surface area contributed by atoms with Gasteiger partial charge in [-0.1, -0.05) is 48.5 Å². The van der Waals surface area contributed by atoms with E-state index < -0.39 is 10.0 Å². The molecule has 172 valence electrons. The number of nitrogens with one attached hydrogen (secondary N) is 2. The van der Waals surface area contributed by atoms with Crippen molar-refractivity contribution in [1.29, 1.82) is 0 Å². The summed E-state index contributed by atoms with van der Waals surface area (Å²) in [7, 11) is -3.48. The highest BCUT2D eigenvalue weighted by atomic mass is 32.2. The van der Waals surface area contributed by atoms with Gasteiger partial charge in [-0.2, -0.15) is 5.10 Å². The van der Waals surface area contributed by atoms with Crippen molar-refractivity contribution in [2.24, 2.45) is 0 Å². The van der Waals surface area contributed by atoms with Crippen molar-refractivity contribution in [3.63, 3.8) is 0 Å². The molecule has 2 N–H and O–H groups in total. The number of carbonyl (C=O) groups is 1. The summed E-state index contributed by atoms with van der Waals surface area (Å²) in [5.41, 5.74) is 4.08. The van der Waals surface area contributed by atoms with E-state index in [4.69, 9.17) is 0 Å². The first-order valence-electron chi connectivity index (χ1n) is 11.1. The van der Waals surface area contributed by atoms with Gasteiger partial charge in [0.2, 0.25) is 10.0 Å². The molecule has 1 amide bonds. The summed E-state index contributed by atoms with van der Waals surface area (Å²) in [4.78, 5) is 13.0. The quantitative estimate of drug-likeness (QED) is 0.407. The smallest absolute Gasteiger partial charge is 0.251 e. The summed E-state index contributed by atoms with van der Waals surface area (Å²) < 4.78 is 29.1. The maximum atomic E-state index is 12.8. The third-order valence-corrected chi connectivity index (χ3v) is 7.19. The molecule has 7 nitrogen and oxygen atoms in total. The Kier molecular flexibility index (Phi) is 6.00. The molecular formula is C26H24N4O3S. The minimum Gasteiger partial charge on any atom is -0.348 e. The summed E-state index contributed by atoms with van der Waals surface area (Å²) >= 11 is 0. The van der Waals surface area contributed by atoms with E-state index >= 15 is 0 Å². The predicted octanol–water partition coefficient (Wildman–Crippen LogP) is 3.91. The highest BCUT2D eigenvalue weighted by Gasteiger charge is 2.27. The largest absolute Gasteiger partial charge is 0.348 e. The second-order valence-corrected chi connectivity index (χ2v) is 9.98. The first-order chi connectivity index (χ1) is 16.5. The number of aromatic nitrogens is 2. The molecule has 0 atom stereocenters. The normalized spacial score (nSPS) is 13.5. The van der Waals surface area contributed by atoms with Crippen LogP contribution in [0.3, 0.4) is 0 Å². The molecule has 0 radical (unpaired) electrons. The molecule has 1 saturated carbocycles. The van der Waals surface area contributed by atoms with E-state index in [0.29, 0.717) is 5.56 Å². The van der Waals surface area contributed by atoms with Crippen molar-refractivity contribution in [3.8, 4) is 16.9 Å². The van der Waals surface area contributed by atoms with Crippen LogP contribution in [0.4, 0.5) is 0 Å². The molecule has 34 heavy (non-hydrogen) atoms. The van der Waals surface area contributed by atoms with Gasteiger partial charge in [-0.05, 0) is 54.8 Å². The molecule has 3 aromatic carbocycles. The molecule has 1 heterocycles. The highest BCUT2D eigenvalue weighted by molar-refractivity contribution is 7.89. The molecular weight excluding hydrogens is 448 g/mol. The van der Waals surface area contributed by atoms with Crippen LogP contribution < -0.4 is 10.0 Å². The lowest BCUT2D eigenvalue weighted by molar-refractivity contribution is 0.0951. The van der Waals surface area contributed by atoms with E-state index in [1.54, 1.807) is 47.3 Å². The van der Waals surface area contributed by atoms with E-state index in [2.05, 4.69) is 15.1 Å². The average molecular weight is 473 g/mol. The number of carbonyl (C=O) groups excluding carboxylic acids is 1. The van der Waals surface area contributed by atoms with E-state index in [0.717, 1.165) is 35.3 Å². The van der Waals surface area contributed by atoms with Crippen LogP contribution >= 0.6 is 0 Å². The maximum absolute atomic E-state index is 12.8. The monoisotopic (exact) mass is 472 g/mol. The lowest BCUT2D eigenvalue weighted by Gasteiger charge is -2.11. The van der Waals surface area contributed by atoms with Crippen LogP contribution in [0.1, 0.15) is 28.8 Å². The van der Waals surface area contributed by atoms with E-state index in [1.165, 1.54) is 0 Å². The third-order valence-electron chi connectivity index (χ3n) is 5.65. The summed E-state index contributed by atoms with van der Waals surface area (Å²) in [6.45, 7) is 0.288. The van der Waals surface area contributed by atoms with Crippen LogP contribution in [-0.4, -0.2) is 30.1 Å². The van der Waals surface area contributed by atoms with Gasteiger partial charge in [0.15, 0.2) is 0 Å². The number of rotatable bonds is 8. The SMILES string of the molecule is O=C(NCc1ccc(S(=O)(=O)NC2CC2)cc1)c1cccc(-n2nccc2-c2ccccc2)c1. The van der Waals surface area contributed by atoms with E-state index in [-0.39, 0.29) is 23.4 Å². The molecule has 5 rings (SSSR count). The van der Waals surface area contributed by atoms with Gasteiger partial charge in [0, 0.05) is 23.7 Å². The molecule has 0 unspecified atom stereocenters. The fraction of sp³-hybridized carbons (Fsp3) is 0.154. The highest BCUT2D eigenvalue weighted by Crippen LogP contribution is 2.23. The van der Waals surface area contributed by atoms with Crippen LogP contribution in [0.15, 0.2) is 96.0 Å². The average Bonchev–Trinajstić information content (AvgIpc) is 3.53. The summed E-state index contributed by atoms with van der Waals surface area (Å²) in [6, 6.07) is 25.8. The molecule has 1 aliphatic rings.